The maximum atomic E-state index is 5.91. The van der Waals surface area contributed by atoms with Crippen LogP contribution in [-0.4, -0.2) is 12.1 Å². The van der Waals surface area contributed by atoms with Gasteiger partial charge in [0, 0.05) is 17.8 Å². The zero-order chi connectivity index (χ0) is 10.8. The topological polar surface area (TPSA) is 38.0 Å². The van der Waals surface area contributed by atoms with Crippen LogP contribution in [0.1, 0.15) is 30.4 Å². The lowest BCUT2D eigenvalue weighted by atomic mass is 10.1. The third-order valence-corrected chi connectivity index (χ3v) is 3.44. The number of anilines is 1. The molecule has 2 unspecified atom stereocenters. The van der Waals surface area contributed by atoms with Crippen LogP contribution in [0.2, 0.25) is 0 Å². The fourth-order valence-electron chi connectivity index (χ4n) is 2.27. The van der Waals surface area contributed by atoms with E-state index in [4.69, 9.17) is 5.73 Å². The summed E-state index contributed by atoms with van der Waals surface area (Å²) in [6.07, 6.45) is 3.46. The Kier molecular flexibility index (Phi) is 2.96. The third-order valence-electron chi connectivity index (χ3n) is 3.44. The Hall–Kier alpha value is -1.02. The van der Waals surface area contributed by atoms with Crippen LogP contribution in [0.3, 0.4) is 0 Å². The monoisotopic (exact) mass is 204 g/mol. The van der Waals surface area contributed by atoms with Gasteiger partial charge in [-0.1, -0.05) is 12.1 Å². The summed E-state index contributed by atoms with van der Waals surface area (Å²) in [5.41, 5.74) is 9.89. The zero-order valence-corrected chi connectivity index (χ0v) is 9.59. The van der Waals surface area contributed by atoms with Crippen LogP contribution in [0.5, 0.6) is 0 Å². The van der Waals surface area contributed by atoms with E-state index in [2.05, 4.69) is 37.4 Å². The first-order chi connectivity index (χ1) is 7.16. The molecule has 0 radical (unpaired) electrons. The zero-order valence-electron chi connectivity index (χ0n) is 9.59. The average Bonchev–Trinajstić information content (AvgIpc) is 2.59. The van der Waals surface area contributed by atoms with E-state index in [0.717, 1.165) is 12.8 Å². The molecule has 0 aliphatic heterocycles. The van der Waals surface area contributed by atoms with Gasteiger partial charge in [-0.2, -0.15) is 0 Å². The quantitative estimate of drug-likeness (QED) is 0.777. The summed E-state index contributed by atoms with van der Waals surface area (Å²) in [5, 5.41) is 3.60. The summed E-state index contributed by atoms with van der Waals surface area (Å²) in [7, 11) is 0. The molecule has 0 amide bonds. The number of rotatable bonds is 2. The van der Waals surface area contributed by atoms with Gasteiger partial charge in [0.25, 0.3) is 0 Å². The Morgan fingerprint density at radius 2 is 2.07 bits per heavy atom. The van der Waals surface area contributed by atoms with Crippen molar-refractivity contribution in [3.05, 3.63) is 29.3 Å². The molecule has 1 aromatic carbocycles. The van der Waals surface area contributed by atoms with Gasteiger partial charge in [0.15, 0.2) is 0 Å². The number of aryl methyl sites for hydroxylation is 1. The van der Waals surface area contributed by atoms with Gasteiger partial charge in [-0.05, 0) is 50.3 Å². The van der Waals surface area contributed by atoms with Crippen LogP contribution in [0.15, 0.2) is 18.2 Å². The highest BCUT2D eigenvalue weighted by Crippen LogP contribution is 2.24. The minimum Gasteiger partial charge on any atom is -0.382 e. The van der Waals surface area contributed by atoms with Crippen LogP contribution in [0, 0.1) is 13.8 Å². The van der Waals surface area contributed by atoms with Crippen molar-refractivity contribution in [3.8, 4) is 0 Å². The van der Waals surface area contributed by atoms with Gasteiger partial charge in [-0.15, -0.1) is 0 Å². The largest absolute Gasteiger partial charge is 0.382 e. The average molecular weight is 204 g/mol. The Morgan fingerprint density at radius 1 is 1.27 bits per heavy atom. The molecule has 0 aromatic heterocycles. The normalized spacial score (nSPS) is 25.5. The number of benzene rings is 1. The molecule has 0 heterocycles. The second-order valence-corrected chi connectivity index (χ2v) is 4.66. The first kappa shape index (κ1) is 10.5. The highest BCUT2D eigenvalue weighted by atomic mass is 14.9. The van der Waals surface area contributed by atoms with Gasteiger partial charge in [-0.25, -0.2) is 0 Å². The summed E-state index contributed by atoms with van der Waals surface area (Å²) in [5.74, 6) is 0. The van der Waals surface area contributed by atoms with Crippen LogP contribution in [0.4, 0.5) is 5.69 Å². The lowest BCUT2D eigenvalue weighted by Crippen LogP contribution is -2.21. The molecule has 1 fully saturated rings. The van der Waals surface area contributed by atoms with Crippen LogP contribution < -0.4 is 11.1 Å². The van der Waals surface area contributed by atoms with Gasteiger partial charge in [0.05, 0.1) is 0 Å². The molecule has 3 N–H and O–H groups in total. The molecule has 0 bridgehead atoms. The van der Waals surface area contributed by atoms with Crippen LogP contribution >= 0.6 is 0 Å². The fraction of sp³-hybridized carbons (Fsp3) is 0.538. The summed E-state index contributed by atoms with van der Waals surface area (Å²) >= 11 is 0. The van der Waals surface area contributed by atoms with Crippen molar-refractivity contribution in [2.75, 3.05) is 5.32 Å². The van der Waals surface area contributed by atoms with E-state index in [1.165, 1.54) is 23.2 Å². The second kappa shape index (κ2) is 4.23. The summed E-state index contributed by atoms with van der Waals surface area (Å²) < 4.78 is 0. The second-order valence-electron chi connectivity index (χ2n) is 4.66. The van der Waals surface area contributed by atoms with Crippen molar-refractivity contribution in [2.24, 2.45) is 5.73 Å². The number of hydrogen-bond donors (Lipinski definition) is 2. The first-order valence-corrected chi connectivity index (χ1v) is 5.75. The number of nitrogens with one attached hydrogen (secondary N) is 1. The third kappa shape index (κ3) is 2.32. The van der Waals surface area contributed by atoms with Crippen molar-refractivity contribution in [2.45, 2.75) is 45.2 Å². The maximum absolute atomic E-state index is 5.91. The molecule has 15 heavy (non-hydrogen) atoms. The molecule has 2 heteroatoms. The number of hydrogen-bond acceptors (Lipinski definition) is 2. The maximum Gasteiger partial charge on any atom is 0.0374 e. The van der Waals surface area contributed by atoms with Crippen molar-refractivity contribution in [3.63, 3.8) is 0 Å². The van der Waals surface area contributed by atoms with Crippen molar-refractivity contribution >= 4 is 5.69 Å². The summed E-state index contributed by atoms with van der Waals surface area (Å²) in [6, 6.07) is 7.39. The molecular formula is C13H20N2. The first-order valence-electron chi connectivity index (χ1n) is 5.75. The van der Waals surface area contributed by atoms with Gasteiger partial charge in [0.2, 0.25) is 0 Å². The fourth-order valence-corrected chi connectivity index (χ4v) is 2.27. The Bertz CT molecular complexity index is 346. The van der Waals surface area contributed by atoms with E-state index in [9.17, 15) is 0 Å². The molecule has 2 atom stereocenters. The molecule has 2 rings (SSSR count). The summed E-state index contributed by atoms with van der Waals surface area (Å²) in [4.78, 5) is 0. The van der Waals surface area contributed by atoms with Crippen LogP contribution in [-0.2, 0) is 0 Å². The predicted octanol–water partition coefficient (Wildman–Crippen LogP) is 2.60. The standard InChI is InChI=1S/C13H20N2/c1-9-4-3-5-13(10(9)2)15-12-7-6-11(14)8-12/h3-5,11-12,15H,6-8,14H2,1-2H3. The van der Waals surface area contributed by atoms with Gasteiger partial charge < -0.3 is 11.1 Å². The smallest absolute Gasteiger partial charge is 0.0374 e. The highest BCUT2D eigenvalue weighted by molar-refractivity contribution is 5.54. The molecule has 82 valence electrons. The van der Waals surface area contributed by atoms with Gasteiger partial charge in [-0.3, -0.25) is 0 Å². The van der Waals surface area contributed by atoms with Gasteiger partial charge >= 0.3 is 0 Å². The molecule has 1 aromatic rings. The Balaban J connectivity index is 2.07. The van der Waals surface area contributed by atoms with Crippen molar-refractivity contribution in [1.29, 1.82) is 0 Å². The minimum atomic E-state index is 0.396. The molecule has 1 saturated carbocycles. The van der Waals surface area contributed by atoms with E-state index in [-0.39, 0.29) is 0 Å². The molecule has 0 spiro atoms. The Labute approximate surface area is 91.9 Å². The Morgan fingerprint density at radius 3 is 2.73 bits per heavy atom. The van der Waals surface area contributed by atoms with E-state index in [1.807, 2.05) is 0 Å². The molecule has 1 aliphatic rings. The minimum absolute atomic E-state index is 0.396. The lowest BCUT2D eigenvalue weighted by Gasteiger charge is -2.17. The lowest BCUT2D eigenvalue weighted by molar-refractivity contribution is 0.687. The van der Waals surface area contributed by atoms with Crippen molar-refractivity contribution in [1.82, 2.24) is 0 Å². The molecule has 0 saturated heterocycles. The van der Waals surface area contributed by atoms with E-state index in [1.54, 1.807) is 0 Å². The molecule has 2 nitrogen and oxygen atoms in total. The van der Waals surface area contributed by atoms with E-state index >= 15 is 0 Å². The van der Waals surface area contributed by atoms with Crippen LogP contribution in [0.25, 0.3) is 0 Å². The van der Waals surface area contributed by atoms with E-state index in [0.29, 0.717) is 12.1 Å². The molecular weight excluding hydrogens is 184 g/mol. The van der Waals surface area contributed by atoms with Crippen molar-refractivity contribution < 1.29 is 0 Å². The predicted molar refractivity (Wildman–Crippen MR) is 65.2 cm³/mol. The number of nitrogens with two attached hydrogens (primary N) is 1. The highest BCUT2D eigenvalue weighted by Gasteiger charge is 2.21. The summed E-state index contributed by atoms with van der Waals surface area (Å²) in [6.45, 7) is 4.33. The SMILES string of the molecule is Cc1cccc(NC2CCC(N)C2)c1C. The van der Waals surface area contributed by atoms with Gasteiger partial charge in [0.1, 0.15) is 0 Å². The molecule has 1 aliphatic carbocycles. The van der Waals surface area contributed by atoms with E-state index < -0.39 is 0 Å².